The maximum Gasteiger partial charge on any atom is 0.416 e. The Labute approximate surface area is 162 Å². The molecule has 0 spiro atoms. The van der Waals surface area contributed by atoms with E-state index >= 15 is 0 Å². The highest BCUT2D eigenvalue weighted by atomic mass is 32.2. The zero-order chi connectivity index (χ0) is 21.1. The summed E-state index contributed by atoms with van der Waals surface area (Å²) in [6, 6.07) is 9.10. The smallest absolute Gasteiger partial charge is 0.285 e. The average Bonchev–Trinajstić information content (AvgIpc) is 3.04. The van der Waals surface area contributed by atoms with Crippen molar-refractivity contribution in [1.82, 2.24) is 9.19 Å². The molecule has 2 aromatic carbocycles. The molecular weight excluding hydrogens is 409 g/mol. The van der Waals surface area contributed by atoms with Gasteiger partial charge >= 0.3 is 6.18 Å². The topological polar surface area (TPSA) is 86.1 Å². The van der Waals surface area contributed by atoms with Gasteiger partial charge in [-0.2, -0.15) is 30.8 Å². The Morgan fingerprint density at radius 1 is 0.897 bits per heavy atom. The maximum absolute atomic E-state index is 13.0. The Balaban J connectivity index is 1.89. The quantitative estimate of drug-likeness (QED) is 0.593. The van der Waals surface area contributed by atoms with Crippen LogP contribution in [0.5, 0.6) is 0 Å². The van der Waals surface area contributed by atoms with E-state index in [0.717, 1.165) is 12.1 Å². The third-order valence-corrected chi connectivity index (χ3v) is 6.32. The van der Waals surface area contributed by atoms with Crippen molar-refractivity contribution in [2.45, 2.75) is 18.0 Å². The number of halogens is 3. The van der Waals surface area contributed by atoms with E-state index in [1.165, 1.54) is 13.0 Å². The van der Waals surface area contributed by atoms with Gasteiger partial charge in [-0.05, 0) is 31.2 Å². The van der Waals surface area contributed by atoms with Crippen LogP contribution in [0.1, 0.15) is 32.0 Å². The van der Waals surface area contributed by atoms with Gasteiger partial charge < -0.3 is 0 Å². The molecule has 6 nitrogen and oxygen atoms in total. The molecule has 0 radical (unpaired) electrons. The Hall–Kier alpha value is -3.27. The molecule has 0 unspecified atom stereocenters. The third kappa shape index (κ3) is 2.79. The summed E-state index contributed by atoms with van der Waals surface area (Å²) in [6.45, 7) is 1.31. The minimum Gasteiger partial charge on any atom is -0.285 e. The number of nitrogens with zero attached hydrogens (tertiary/aromatic N) is 2. The van der Waals surface area contributed by atoms with Crippen molar-refractivity contribution in [3.05, 3.63) is 70.9 Å². The molecule has 10 heteroatoms. The minimum absolute atomic E-state index is 0.0400. The van der Waals surface area contributed by atoms with Crippen LogP contribution >= 0.6 is 0 Å². The van der Waals surface area contributed by atoms with Gasteiger partial charge in [0.15, 0.2) is 0 Å². The zero-order valence-electron chi connectivity index (χ0n) is 14.7. The van der Waals surface area contributed by atoms with E-state index < -0.39 is 38.2 Å². The second-order valence-corrected chi connectivity index (χ2v) is 8.15. The van der Waals surface area contributed by atoms with E-state index in [1.54, 1.807) is 18.2 Å². The predicted octanol–water partition coefficient (Wildman–Crippen LogP) is 3.49. The van der Waals surface area contributed by atoms with Crippen LogP contribution in [0.15, 0.2) is 53.4 Å². The molecule has 0 fully saturated rings. The van der Waals surface area contributed by atoms with E-state index in [0.29, 0.717) is 21.8 Å². The Bertz CT molecular complexity index is 1290. The monoisotopic (exact) mass is 420 g/mol. The van der Waals surface area contributed by atoms with Crippen LogP contribution in [-0.4, -0.2) is 29.2 Å². The molecule has 0 bridgehead atoms. The van der Waals surface area contributed by atoms with Gasteiger partial charge in [-0.15, -0.1) is 0 Å². The highest BCUT2D eigenvalue weighted by Gasteiger charge is 2.37. The van der Waals surface area contributed by atoms with Crippen molar-refractivity contribution in [3.63, 3.8) is 0 Å². The molecule has 0 amide bonds. The number of hydrogen-bond acceptors (Lipinski definition) is 5. The lowest BCUT2D eigenvalue weighted by molar-refractivity contribution is -0.137. The lowest BCUT2D eigenvalue weighted by Crippen LogP contribution is -2.21. The highest BCUT2D eigenvalue weighted by molar-refractivity contribution is 7.89. The van der Waals surface area contributed by atoms with Gasteiger partial charge in [-0.3, -0.25) is 9.59 Å². The number of benzene rings is 2. The number of aromatic nitrogens is 2. The van der Waals surface area contributed by atoms with Crippen molar-refractivity contribution in [1.29, 1.82) is 0 Å². The summed E-state index contributed by atoms with van der Waals surface area (Å²) in [5.74, 6) is -1.66. The highest BCUT2D eigenvalue weighted by Crippen LogP contribution is 2.36. The molecule has 0 saturated heterocycles. The summed E-state index contributed by atoms with van der Waals surface area (Å²) in [5.41, 5.74) is -0.754. The molecule has 1 aliphatic carbocycles. The Morgan fingerprint density at radius 3 is 2.07 bits per heavy atom. The lowest BCUT2D eigenvalue weighted by atomic mass is 9.87. The summed E-state index contributed by atoms with van der Waals surface area (Å²) >= 11 is 0. The van der Waals surface area contributed by atoms with Crippen LogP contribution in [0.25, 0.3) is 11.3 Å². The van der Waals surface area contributed by atoms with Gasteiger partial charge in [-0.25, -0.2) is 0 Å². The molecule has 29 heavy (non-hydrogen) atoms. The molecular formula is C19H11F3N2O4S. The summed E-state index contributed by atoms with van der Waals surface area (Å²) in [7, 11) is -4.39. The van der Waals surface area contributed by atoms with E-state index in [4.69, 9.17) is 0 Å². The number of ketones is 2. The molecule has 1 aromatic heterocycles. The largest absolute Gasteiger partial charge is 0.416 e. The zero-order valence-corrected chi connectivity index (χ0v) is 15.5. The SMILES string of the molecule is Cc1c2c(nn1S(=O)(=O)c1ccc(C(F)(F)F)cc1)-c1ccccc1C(=O)C2=O. The van der Waals surface area contributed by atoms with Crippen molar-refractivity contribution < 1.29 is 31.2 Å². The van der Waals surface area contributed by atoms with Gasteiger partial charge in [0.05, 0.1) is 21.7 Å². The van der Waals surface area contributed by atoms with E-state index in [9.17, 15) is 31.2 Å². The van der Waals surface area contributed by atoms with Crippen LogP contribution in [-0.2, 0) is 16.2 Å². The fourth-order valence-corrected chi connectivity index (χ4v) is 4.54. The van der Waals surface area contributed by atoms with E-state index in [1.807, 2.05) is 0 Å². The first kappa shape index (κ1) is 19.1. The summed E-state index contributed by atoms with van der Waals surface area (Å²) in [6.07, 6.45) is -4.61. The third-order valence-electron chi connectivity index (χ3n) is 4.64. The number of alkyl halides is 3. The van der Waals surface area contributed by atoms with Crippen molar-refractivity contribution in [2.75, 3.05) is 0 Å². The molecule has 1 aliphatic rings. The number of carbonyl (C=O) groups is 2. The summed E-state index contributed by atoms with van der Waals surface area (Å²) in [5, 5.41) is 4.03. The standard InChI is InChI=1S/C19H11F3N2O4S/c1-10-15-16(13-4-2-3-5-14(13)17(25)18(15)26)23-24(10)29(27,28)12-8-6-11(7-9-12)19(20,21)22/h2-9H,1H3. The summed E-state index contributed by atoms with van der Waals surface area (Å²) in [4.78, 5) is 24.4. The van der Waals surface area contributed by atoms with Crippen LogP contribution < -0.4 is 0 Å². The predicted molar refractivity (Wildman–Crippen MR) is 95.1 cm³/mol. The van der Waals surface area contributed by atoms with Crippen LogP contribution in [0, 0.1) is 6.92 Å². The average molecular weight is 420 g/mol. The first-order chi connectivity index (χ1) is 13.5. The fraction of sp³-hybridized carbons (Fsp3) is 0.105. The molecule has 0 N–H and O–H groups in total. The number of Topliss-reactive ketones (excluding diaryl/α,β-unsaturated/α-hetero) is 2. The van der Waals surface area contributed by atoms with Crippen LogP contribution in [0.2, 0.25) is 0 Å². The molecule has 4 rings (SSSR count). The van der Waals surface area contributed by atoms with Crippen LogP contribution in [0.3, 0.4) is 0 Å². The normalized spacial score (nSPS) is 13.9. The van der Waals surface area contributed by atoms with Gasteiger partial charge in [0, 0.05) is 11.1 Å². The minimum atomic E-state index is -4.61. The van der Waals surface area contributed by atoms with Crippen LogP contribution in [0.4, 0.5) is 13.2 Å². The van der Waals surface area contributed by atoms with Gasteiger partial charge in [-0.1, -0.05) is 24.3 Å². The first-order valence-corrected chi connectivity index (χ1v) is 9.68. The van der Waals surface area contributed by atoms with Gasteiger partial charge in [0.1, 0.15) is 5.69 Å². The summed E-state index contributed by atoms with van der Waals surface area (Å²) < 4.78 is 64.7. The number of fused-ring (bicyclic) bond motifs is 3. The number of rotatable bonds is 2. The van der Waals surface area contributed by atoms with Gasteiger partial charge in [0.2, 0.25) is 11.6 Å². The second-order valence-electron chi connectivity index (χ2n) is 6.38. The van der Waals surface area contributed by atoms with E-state index in [-0.39, 0.29) is 22.5 Å². The molecule has 0 saturated carbocycles. The Morgan fingerprint density at radius 2 is 1.48 bits per heavy atom. The fourth-order valence-electron chi connectivity index (χ4n) is 3.22. The number of hydrogen-bond donors (Lipinski definition) is 0. The van der Waals surface area contributed by atoms with Crippen molar-refractivity contribution in [3.8, 4) is 11.3 Å². The molecule has 1 heterocycles. The number of carbonyl (C=O) groups excluding carboxylic acids is 2. The molecule has 3 aromatic rings. The second kappa shape index (κ2) is 6.11. The molecule has 0 aliphatic heterocycles. The van der Waals surface area contributed by atoms with Crippen molar-refractivity contribution >= 4 is 21.6 Å². The van der Waals surface area contributed by atoms with Crippen molar-refractivity contribution in [2.24, 2.45) is 0 Å². The van der Waals surface area contributed by atoms with E-state index in [2.05, 4.69) is 5.10 Å². The first-order valence-electron chi connectivity index (χ1n) is 8.24. The Kier molecular flexibility index (Phi) is 4.02. The maximum atomic E-state index is 13.0. The molecule has 0 atom stereocenters. The van der Waals surface area contributed by atoms with Gasteiger partial charge in [0.25, 0.3) is 10.0 Å². The molecule has 148 valence electrons. The lowest BCUT2D eigenvalue weighted by Gasteiger charge is -2.12.